The molecule has 0 aliphatic carbocycles. The van der Waals surface area contributed by atoms with Crippen LogP contribution in [0.15, 0.2) is 65.7 Å². The molecule has 1 aliphatic heterocycles. The molecule has 4 aromatic rings. The van der Waals surface area contributed by atoms with Gasteiger partial charge in [0.15, 0.2) is 0 Å². The minimum absolute atomic E-state index is 0.00621. The molecule has 1 atom stereocenters. The number of aromatic nitrogens is 1. The number of nitrogen functional groups attached to an aromatic ring is 1. The summed E-state index contributed by atoms with van der Waals surface area (Å²) in [7, 11) is 3.99. The molecule has 2 heterocycles. The minimum Gasteiger partial charge on any atom is -0.481 e. The molecule has 34 heavy (non-hydrogen) atoms. The Morgan fingerprint density at radius 3 is 2.74 bits per heavy atom. The zero-order valence-electron chi connectivity index (χ0n) is 19.1. The number of rotatable bonds is 6. The van der Waals surface area contributed by atoms with E-state index >= 15 is 0 Å². The van der Waals surface area contributed by atoms with Gasteiger partial charge in [0.2, 0.25) is 0 Å². The van der Waals surface area contributed by atoms with Crippen LogP contribution in [0.5, 0.6) is 0 Å². The standard InChI is InChI=1S/C27H26ClN3O2S/c1-30(2)22-8-17(7-21(29)12-22)16-3-5-23-18(10-27(32)33)13-31(25(23)9-16)14-19-15-34-26-6-4-20(28)11-24(19)26/h3-9,11-13,19H,10,14-15,29H2,1-2H3,(H,32,33). The smallest absolute Gasteiger partial charge is 0.307 e. The maximum absolute atomic E-state index is 11.5. The van der Waals surface area contributed by atoms with Crippen molar-refractivity contribution >= 4 is 51.6 Å². The molecule has 0 amide bonds. The molecule has 5 nitrogen and oxygen atoms in total. The van der Waals surface area contributed by atoms with E-state index in [1.807, 2.05) is 67.3 Å². The van der Waals surface area contributed by atoms with Crippen LogP contribution < -0.4 is 10.6 Å². The molecule has 0 saturated carbocycles. The highest BCUT2D eigenvalue weighted by Crippen LogP contribution is 2.42. The van der Waals surface area contributed by atoms with E-state index in [2.05, 4.69) is 28.8 Å². The Morgan fingerprint density at radius 2 is 1.97 bits per heavy atom. The highest BCUT2D eigenvalue weighted by atomic mass is 35.5. The lowest BCUT2D eigenvalue weighted by atomic mass is 10.0. The summed E-state index contributed by atoms with van der Waals surface area (Å²) < 4.78 is 2.21. The van der Waals surface area contributed by atoms with Crippen LogP contribution in [-0.4, -0.2) is 35.5 Å². The van der Waals surface area contributed by atoms with E-state index in [0.717, 1.165) is 50.6 Å². The minimum atomic E-state index is -0.830. The van der Waals surface area contributed by atoms with Crippen molar-refractivity contribution in [1.29, 1.82) is 0 Å². The third kappa shape index (κ3) is 4.36. The second kappa shape index (κ2) is 8.93. The summed E-state index contributed by atoms with van der Waals surface area (Å²) in [6.45, 7) is 0.764. The molecule has 1 unspecified atom stereocenters. The molecule has 1 aromatic heterocycles. The van der Waals surface area contributed by atoms with Gasteiger partial charge in [0.05, 0.1) is 6.42 Å². The normalized spacial score (nSPS) is 15.0. The van der Waals surface area contributed by atoms with Crippen molar-refractivity contribution in [1.82, 2.24) is 4.57 Å². The fourth-order valence-electron chi connectivity index (χ4n) is 4.70. The molecule has 3 aromatic carbocycles. The summed E-state index contributed by atoms with van der Waals surface area (Å²) in [4.78, 5) is 14.9. The first-order valence-electron chi connectivity index (χ1n) is 11.1. The molecule has 0 bridgehead atoms. The van der Waals surface area contributed by atoms with Crippen LogP contribution in [0.2, 0.25) is 5.02 Å². The van der Waals surface area contributed by atoms with Crippen molar-refractivity contribution in [3.8, 4) is 11.1 Å². The lowest BCUT2D eigenvalue weighted by Gasteiger charge is -2.16. The van der Waals surface area contributed by atoms with Gasteiger partial charge in [0.1, 0.15) is 0 Å². The molecule has 0 saturated heterocycles. The number of hydrogen-bond acceptors (Lipinski definition) is 4. The van der Waals surface area contributed by atoms with E-state index in [9.17, 15) is 9.90 Å². The average Bonchev–Trinajstić information content (AvgIpc) is 3.34. The van der Waals surface area contributed by atoms with Gasteiger partial charge in [0, 0.05) is 70.7 Å². The molecular weight excluding hydrogens is 466 g/mol. The summed E-state index contributed by atoms with van der Waals surface area (Å²) in [6, 6.07) is 18.4. The number of anilines is 2. The Kier molecular flexibility index (Phi) is 5.96. The van der Waals surface area contributed by atoms with Crippen LogP contribution in [0.1, 0.15) is 17.0 Å². The fourth-order valence-corrected chi connectivity index (χ4v) is 6.10. The number of carboxylic acid groups (broad SMARTS) is 1. The van der Waals surface area contributed by atoms with Crippen molar-refractivity contribution in [2.24, 2.45) is 0 Å². The number of halogens is 1. The van der Waals surface area contributed by atoms with Gasteiger partial charge >= 0.3 is 5.97 Å². The summed E-state index contributed by atoms with van der Waals surface area (Å²) in [5, 5.41) is 11.2. The van der Waals surface area contributed by atoms with Crippen molar-refractivity contribution in [2.75, 3.05) is 30.5 Å². The molecule has 0 radical (unpaired) electrons. The van der Waals surface area contributed by atoms with Gasteiger partial charge in [-0.2, -0.15) is 0 Å². The van der Waals surface area contributed by atoms with Crippen LogP contribution >= 0.6 is 23.4 Å². The van der Waals surface area contributed by atoms with Crippen molar-refractivity contribution in [2.45, 2.75) is 23.8 Å². The number of nitrogens with zero attached hydrogens (tertiary/aromatic N) is 2. The lowest BCUT2D eigenvalue weighted by molar-refractivity contribution is -0.136. The second-order valence-corrected chi connectivity index (χ2v) is 10.5. The quantitative estimate of drug-likeness (QED) is 0.317. The van der Waals surface area contributed by atoms with Gasteiger partial charge in [-0.1, -0.05) is 23.7 Å². The van der Waals surface area contributed by atoms with Gasteiger partial charge in [-0.15, -0.1) is 11.8 Å². The van der Waals surface area contributed by atoms with E-state index in [4.69, 9.17) is 17.3 Å². The summed E-state index contributed by atoms with van der Waals surface area (Å²) in [5.74, 6) is 0.455. The predicted molar refractivity (Wildman–Crippen MR) is 142 cm³/mol. The number of fused-ring (bicyclic) bond motifs is 2. The number of nitrogens with two attached hydrogens (primary N) is 1. The lowest BCUT2D eigenvalue weighted by Crippen LogP contribution is -2.09. The molecular formula is C27H26ClN3O2S. The molecule has 5 rings (SSSR count). The molecule has 174 valence electrons. The van der Waals surface area contributed by atoms with Gasteiger partial charge in [-0.3, -0.25) is 4.79 Å². The zero-order valence-corrected chi connectivity index (χ0v) is 20.7. The Hall–Kier alpha value is -3.09. The first kappa shape index (κ1) is 22.7. The first-order valence-corrected chi connectivity index (χ1v) is 12.5. The number of benzene rings is 3. The van der Waals surface area contributed by atoms with Crippen molar-refractivity contribution in [3.63, 3.8) is 0 Å². The number of thioether (sulfide) groups is 1. The third-order valence-electron chi connectivity index (χ3n) is 6.37. The summed E-state index contributed by atoms with van der Waals surface area (Å²) in [6.07, 6.45) is 1.99. The number of carboxylic acids is 1. The SMILES string of the molecule is CN(C)c1cc(N)cc(-c2ccc3c(CC(=O)O)cn(CC4CSc5ccc(Cl)cc54)c3c2)c1. The van der Waals surface area contributed by atoms with Crippen LogP contribution in [0.3, 0.4) is 0 Å². The maximum atomic E-state index is 11.5. The zero-order chi connectivity index (χ0) is 24.0. The van der Waals surface area contributed by atoms with Gasteiger partial charge in [0.25, 0.3) is 0 Å². The Labute approximate surface area is 208 Å². The Bertz CT molecular complexity index is 1410. The average molecular weight is 492 g/mol. The molecule has 3 N–H and O–H groups in total. The van der Waals surface area contributed by atoms with Crippen LogP contribution in [0.4, 0.5) is 11.4 Å². The predicted octanol–water partition coefficient (Wildman–Crippen LogP) is 6.13. The van der Waals surface area contributed by atoms with Gasteiger partial charge in [-0.25, -0.2) is 0 Å². The molecule has 0 spiro atoms. The Morgan fingerprint density at radius 1 is 1.15 bits per heavy atom. The van der Waals surface area contributed by atoms with E-state index in [1.54, 1.807) is 0 Å². The van der Waals surface area contributed by atoms with Crippen LogP contribution in [0, 0.1) is 0 Å². The van der Waals surface area contributed by atoms with Gasteiger partial charge < -0.3 is 20.3 Å². The highest BCUT2D eigenvalue weighted by Gasteiger charge is 2.25. The van der Waals surface area contributed by atoms with Crippen molar-refractivity contribution in [3.05, 3.63) is 76.9 Å². The van der Waals surface area contributed by atoms with Crippen molar-refractivity contribution < 1.29 is 9.90 Å². The summed E-state index contributed by atoms with van der Waals surface area (Å²) in [5.41, 5.74) is 13.1. The van der Waals surface area contributed by atoms with E-state index in [1.165, 1.54) is 10.5 Å². The van der Waals surface area contributed by atoms with Gasteiger partial charge in [-0.05, 0) is 64.7 Å². The number of carbonyl (C=O) groups is 1. The largest absolute Gasteiger partial charge is 0.481 e. The molecule has 0 fully saturated rings. The van der Waals surface area contributed by atoms with E-state index < -0.39 is 5.97 Å². The topological polar surface area (TPSA) is 71.5 Å². The summed E-state index contributed by atoms with van der Waals surface area (Å²) >= 11 is 8.14. The monoisotopic (exact) mass is 491 g/mol. The number of aliphatic carboxylic acids is 1. The second-order valence-electron chi connectivity index (χ2n) is 9.01. The van der Waals surface area contributed by atoms with Crippen LogP contribution in [-0.2, 0) is 17.8 Å². The van der Waals surface area contributed by atoms with Crippen LogP contribution in [0.25, 0.3) is 22.0 Å². The Balaban J connectivity index is 1.59. The maximum Gasteiger partial charge on any atom is 0.307 e. The number of hydrogen-bond donors (Lipinski definition) is 2. The molecule has 1 aliphatic rings. The van der Waals surface area contributed by atoms with E-state index in [-0.39, 0.29) is 6.42 Å². The first-order chi connectivity index (χ1) is 16.3. The molecule has 7 heteroatoms. The highest BCUT2D eigenvalue weighted by molar-refractivity contribution is 7.99. The third-order valence-corrected chi connectivity index (χ3v) is 7.85. The van der Waals surface area contributed by atoms with E-state index in [0.29, 0.717) is 11.6 Å². The fraction of sp³-hybridized carbons (Fsp3) is 0.222.